The van der Waals surface area contributed by atoms with E-state index in [-0.39, 0.29) is 6.61 Å². The standard InChI is InChI=1S/C20H20N2O5/c1-13-8-16(21-14(2)20(13)24-3)10-26-17-6-4-15(5-7-17)19-9-18(27-22-19)11-25-12-23/h4-9,12H,10-11H2,1-3H3. The summed E-state index contributed by atoms with van der Waals surface area (Å²) in [6.07, 6.45) is 0. The number of carbonyl (C=O) groups is 1. The quantitative estimate of drug-likeness (QED) is 0.562. The number of rotatable bonds is 8. The van der Waals surface area contributed by atoms with Crippen molar-refractivity contribution in [1.29, 1.82) is 0 Å². The van der Waals surface area contributed by atoms with Crippen molar-refractivity contribution in [3.8, 4) is 22.8 Å². The number of carbonyl (C=O) groups excluding carboxylic acids is 1. The summed E-state index contributed by atoms with van der Waals surface area (Å²) in [5, 5.41) is 3.96. The Kier molecular flexibility index (Phi) is 5.71. The van der Waals surface area contributed by atoms with Gasteiger partial charge in [0.15, 0.2) is 12.4 Å². The van der Waals surface area contributed by atoms with Crippen LogP contribution in [-0.4, -0.2) is 23.7 Å². The van der Waals surface area contributed by atoms with Crippen LogP contribution in [0.2, 0.25) is 0 Å². The predicted octanol–water partition coefficient (Wildman–Crippen LogP) is 3.61. The Bertz CT molecular complexity index is 895. The minimum atomic E-state index is 0.0609. The van der Waals surface area contributed by atoms with Crippen molar-refractivity contribution in [3.05, 3.63) is 59.1 Å². The van der Waals surface area contributed by atoms with E-state index in [2.05, 4.69) is 14.9 Å². The molecule has 0 bridgehead atoms. The van der Waals surface area contributed by atoms with E-state index in [0.717, 1.165) is 34.0 Å². The molecule has 0 saturated carbocycles. The fourth-order valence-corrected chi connectivity index (χ4v) is 2.79. The van der Waals surface area contributed by atoms with Crippen molar-refractivity contribution in [2.45, 2.75) is 27.1 Å². The highest BCUT2D eigenvalue weighted by Crippen LogP contribution is 2.24. The molecule has 0 aliphatic carbocycles. The molecule has 7 nitrogen and oxygen atoms in total. The Balaban J connectivity index is 1.64. The van der Waals surface area contributed by atoms with E-state index >= 15 is 0 Å². The molecule has 7 heteroatoms. The summed E-state index contributed by atoms with van der Waals surface area (Å²) in [5.41, 5.74) is 4.24. The molecular formula is C20H20N2O5. The summed E-state index contributed by atoms with van der Waals surface area (Å²) >= 11 is 0. The molecular weight excluding hydrogens is 348 g/mol. The Labute approximate surface area is 156 Å². The van der Waals surface area contributed by atoms with Crippen LogP contribution >= 0.6 is 0 Å². The van der Waals surface area contributed by atoms with Crippen molar-refractivity contribution >= 4 is 6.47 Å². The van der Waals surface area contributed by atoms with E-state index in [0.29, 0.717) is 24.5 Å². The minimum Gasteiger partial charge on any atom is -0.495 e. The highest BCUT2D eigenvalue weighted by molar-refractivity contribution is 5.59. The number of ether oxygens (including phenoxy) is 3. The topological polar surface area (TPSA) is 83.7 Å². The first-order valence-corrected chi connectivity index (χ1v) is 8.36. The van der Waals surface area contributed by atoms with E-state index < -0.39 is 0 Å². The lowest BCUT2D eigenvalue weighted by atomic mass is 10.1. The molecule has 0 atom stereocenters. The molecule has 0 saturated heterocycles. The Hall–Kier alpha value is -3.35. The second kappa shape index (κ2) is 8.35. The summed E-state index contributed by atoms with van der Waals surface area (Å²) in [6.45, 7) is 4.69. The van der Waals surface area contributed by atoms with Crippen LogP contribution in [0, 0.1) is 13.8 Å². The number of benzene rings is 1. The first-order valence-electron chi connectivity index (χ1n) is 8.36. The van der Waals surface area contributed by atoms with Crippen LogP contribution in [0.5, 0.6) is 11.5 Å². The molecule has 27 heavy (non-hydrogen) atoms. The van der Waals surface area contributed by atoms with Gasteiger partial charge in [0.1, 0.15) is 23.8 Å². The summed E-state index contributed by atoms with van der Waals surface area (Å²) < 4.78 is 20.9. The van der Waals surface area contributed by atoms with Gasteiger partial charge < -0.3 is 18.7 Å². The lowest BCUT2D eigenvalue weighted by molar-refractivity contribution is -0.130. The zero-order chi connectivity index (χ0) is 19.2. The van der Waals surface area contributed by atoms with Gasteiger partial charge in [0, 0.05) is 11.6 Å². The van der Waals surface area contributed by atoms with Crippen molar-refractivity contribution < 1.29 is 23.5 Å². The highest BCUT2D eigenvalue weighted by atomic mass is 16.5. The molecule has 3 rings (SSSR count). The van der Waals surface area contributed by atoms with Crippen LogP contribution < -0.4 is 9.47 Å². The van der Waals surface area contributed by atoms with Gasteiger partial charge in [0.25, 0.3) is 6.47 Å². The van der Waals surface area contributed by atoms with E-state index in [1.54, 1.807) is 13.2 Å². The number of hydrogen-bond donors (Lipinski definition) is 0. The summed E-state index contributed by atoms with van der Waals surface area (Å²) in [5.74, 6) is 2.00. The van der Waals surface area contributed by atoms with E-state index in [1.807, 2.05) is 44.2 Å². The molecule has 140 valence electrons. The first-order chi connectivity index (χ1) is 13.1. The molecule has 0 N–H and O–H groups in total. The molecule has 0 amide bonds. The van der Waals surface area contributed by atoms with Crippen molar-refractivity contribution in [1.82, 2.24) is 10.1 Å². The Morgan fingerprint density at radius 2 is 1.89 bits per heavy atom. The molecule has 0 radical (unpaired) electrons. The molecule has 0 spiro atoms. The number of aryl methyl sites for hydroxylation is 2. The van der Waals surface area contributed by atoms with Gasteiger partial charge in [0.2, 0.25) is 0 Å². The summed E-state index contributed by atoms with van der Waals surface area (Å²) in [7, 11) is 1.64. The fourth-order valence-electron chi connectivity index (χ4n) is 2.79. The maximum Gasteiger partial charge on any atom is 0.293 e. The van der Waals surface area contributed by atoms with Crippen LogP contribution in [0.25, 0.3) is 11.3 Å². The lowest BCUT2D eigenvalue weighted by Crippen LogP contribution is -2.02. The molecule has 0 unspecified atom stereocenters. The summed E-state index contributed by atoms with van der Waals surface area (Å²) in [4.78, 5) is 14.7. The van der Waals surface area contributed by atoms with Gasteiger partial charge in [0.05, 0.1) is 18.5 Å². The van der Waals surface area contributed by atoms with Crippen molar-refractivity contribution in [2.24, 2.45) is 0 Å². The predicted molar refractivity (Wildman–Crippen MR) is 97.4 cm³/mol. The average molecular weight is 368 g/mol. The molecule has 2 aromatic heterocycles. The lowest BCUT2D eigenvalue weighted by Gasteiger charge is -2.11. The third-order valence-corrected chi connectivity index (χ3v) is 3.97. The Morgan fingerprint density at radius 3 is 2.56 bits per heavy atom. The number of aromatic nitrogens is 2. The zero-order valence-electron chi connectivity index (χ0n) is 15.4. The maximum atomic E-state index is 10.2. The van der Waals surface area contributed by atoms with Gasteiger partial charge in [-0.1, -0.05) is 5.16 Å². The number of methoxy groups -OCH3 is 1. The molecule has 3 aromatic rings. The fraction of sp³-hybridized carbons (Fsp3) is 0.250. The van der Waals surface area contributed by atoms with Crippen LogP contribution in [0.3, 0.4) is 0 Å². The van der Waals surface area contributed by atoms with E-state index in [1.165, 1.54) is 0 Å². The van der Waals surface area contributed by atoms with Crippen LogP contribution in [0.1, 0.15) is 22.7 Å². The SMILES string of the molecule is COc1c(C)cc(COc2ccc(-c3cc(COC=O)on3)cc2)nc1C. The molecule has 0 aliphatic heterocycles. The van der Waals surface area contributed by atoms with Gasteiger partial charge in [-0.15, -0.1) is 0 Å². The maximum absolute atomic E-state index is 10.2. The van der Waals surface area contributed by atoms with E-state index in [9.17, 15) is 4.79 Å². The monoisotopic (exact) mass is 368 g/mol. The van der Waals surface area contributed by atoms with Gasteiger partial charge >= 0.3 is 0 Å². The van der Waals surface area contributed by atoms with Crippen molar-refractivity contribution in [3.63, 3.8) is 0 Å². The zero-order valence-corrected chi connectivity index (χ0v) is 15.4. The second-order valence-electron chi connectivity index (χ2n) is 5.95. The van der Waals surface area contributed by atoms with Crippen LogP contribution in [0.4, 0.5) is 0 Å². The summed E-state index contributed by atoms with van der Waals surface area (Å²) in [6, 6.07) is 11.2. The van der Waals surface area contributed by atoms with Crippen molar-refractivity contribution in [2.75, 3.05) is 7.11 Å². The molecule has 1 aromatic carbocycles. The van der Waals surface area contributed by atoms with Gasteiger partial charge in [-0.3, -0.25) is 9.78 Å². The molecule has 2 heterocycles. The first kappa shape index (κ1) is 18.4. The smallest absolute Gasteiger partial charge is 0.293 e. The van der Waals surface area contributed by atoms with Gasteiger partial charge in [-0.2, -0.15) is 0 Å². The molecule has 0 aliphatic rings. The minimum absolute atomic E-state index is 0.0609. The third kappa shape index (κ3) is 4.44. The molecule has 0 fully saturated rings. The van der Waals surface area contributed by atoms with Crippen LogP contribution in [-0.2, 0) is 22.7 Å². The largest absolute Gasteiger partial charge is 0.495 e. The van der Waals surface area contributed by atoms with E-state index in [4.69, 9.17) is 14.0 Å². The van der Waals surface area contributed by atoms with Gasteiger partial charge in [-0.25, -0.2) is 0 Å². The second-order valence-corrected chi connectivity index (χ2v) is 5.95. The number of hydrogen-bond acceptors (Lipinski definition) is 7. The normalized spacial score (nSPS) is 10.5. The number of pyridine rings is 1. The Morgan fingerprint density at radius 1 is 1.11 bits per heavy atom. The van der Waals surface area contributed by atoms with Gasteiger partial charge in [-0.05, 0) is 49.7 Å². The average Bonchev–Trinajstić information content (AvgIpc) is 3.14. The number of nitrogens with zero attached hydrogens (tertiary/aromatic N) is 2. The third-order valence-electron chi connectivity index (χ3n) is 3.97. The highest BCUT2D eigenvalue weighted by Gasteiger charge is 2.09. The van der Waals surface area contributed by atoms with Crippen LogP contribution in [0.15, 0.2) is 40.9 Å².